The Kier molecular flexibility index (Phi) is 8.98. The molecular formula is C35H36F6O3. The minimum atomic E-state index is -1.36. The molecule has 1 aliphatic heterocycles. The van der Waals surface area contributed by atoms with Crippen LogP contribution in [0.25, 0.3) is 11.1 Å². The largest absolute Gasteiger partial charge is 0.490 e. The molecule has 1 heterocycles. The molecular weight excluding hydrogens is 582 g/mol. The summed E-state index contributed by atoms with van der Waals surface area (Å²) in [5, 5.41) is 9.58. The third-order valence-corrected chi connectivity index (χ3v) is 9.97. The standard InChI is InChI=1S/C35H36F6O3/c1-18(42)23-10-12-25(32(38)30(23)36)26-14-15-28(35(41)33(26)39)43-16-19-2-4-20(5-3-19)21-6-8-22(9-7-21)24-11-13-27(29-17-44-29)34(40)31(24)37/h10-15,18-22,29,42H,2-9,16-17H2,1H3. The molecule has 0 aromatic heterocycles. The molecule has 1 saturated heterocycles. The van der Waals surface area contributed by atoms with Gasteiger partial charge in [-0.3, -0.25) is 0 Å². The Morgan fingerprint density at radius 2 is 1.23 bits per heavy atom. The predicted molar refractivity (Wildman–Crippen MR) is 153 cm³/mol. The molecule has 236 valence electrons. The zero-order valence-electron chi connectivity index (χ0n) is 24.5. The van der Waals surface area contributed by atoms with Crippen LogP contribution in [-0.4, -0.2) is 18.3 Å². The lowest BCUT2D eigenvalue weighted by Gasteiger charge is -2.38. The molecule has 0 amide bonds. The first-order valence-corrected chi connectivity index (χ1v) is 15.5. The van der Waals surface area contributed by atoms with E-state index in [1.54, 1.807) is 12.1 Å². The summed E-state index contributed by atoms with van der Waals surface area (Å²) in [4.78, 5) is 0. The third-order valence-electron chi connectivity index (χ3n) is 9.97. The molecule has 1 N–H and O–H groups in total. The SMILES string of the molecule is CC(O)c1ccc(-c2ccc(OCC3CCC(C4CCC(c5ccc(C6CO6)c(F)c5F)CC4)CC3)c(F)c2F)c(F)c1F. The van der Waals surface area contributed by atoms with Crippen LogP contribution < -0.4 is 4.74 Å². The van der Waals surface area contributed by atoms with Gasteiger partial charge in [0, 0.05) is 22.3 Å². The van der Waals surface area contributed by atoms with Gasteiger partial charge in [-0.15, -0.1) is 0 Å². The van der Waals surface area contributed by atoms with E-state index in [0.29, 0.717) is 29.6 Å². The van der Waals surface area contributed by atoms with Gasteiger partial charge in [0.15, 0.2) is 34.8 Å². The van der Waals surface area contributed by atoms with Crippen molar-refractivity contribution in [3.63, 3.8) is 0 Å². The maximum atomic E-state index is 14.9. The van der Waals surface area contributed by atoms with Gasteiger partial charge in [0.1, 0.15) is 6.10 Å². The number of rotatable bonds is 8. The number of hydrogen-bond donors (Lipinski definition) is 1. The summed E-state index contributed by atoms with van der Waals surface area (Å²) in [6.45, 7) is 1.93. The first kappa shape index (κ1) is 31.0. The first-order valence-electron chi connectivity index (χ1n) is 15.5. The lowest BCUT2D eigenvalue weighted by Crippen LogP contribution is -2.27. The van der Waals surface area contributed by atoms with Crippen molar-refractivity contribution in [2.75, 3.05) is 13.2 Å². The van der Waals surface area contributed by atoms with Crippen LogP contribution in [0.5, 0.6) is 5.75 Å². The lowest BCUT2D eigenvalue weighted by atomic mass is 9.68. The molecule has 3 aliphatic rings. The molecule has 3 fully saturated rings. The summed E-state index contributed by atoms with van der Waals surface area (Å²) in [5.74, 6) is -5.81. The highest BCUT2D eigenvalue weighted by Gasteiger charge is 2.35. The average Bonchev–Trinajstić information content (AvgIpc) is 3.87. The van der Waals surface area contributed by atoms with E-state index in [0.717, 1.165) is 69.6 Å². The van der Waals surface area contributed by atoms with Crippen molar-refractivity contribution in [2.45, 2.75) is 76.4 Å². The Morgan fingerprint density at radius 1 is 0.682 bits per heavy atom. The van der Waals surface area contributed by atoms with Crippen LogP contribution in [-0.2, 0) is 4.74 Å². The Morgan fingerprint density at radius 3 is 1.84 bits per heavy atom. The van der Waals surface area contributed by atoms with E-state index in [4.69, 9.17) is 9.47 Å². The second kappa shape index (κ2) is 12.8. The molecule has 0 radical (unpaired) electrons. The van der Waals surface area contributed by atoms with Crippen molar-refractivity contribution in [1.29, 1.82) is 0 Å². The molecule has 44 heavy (non-hydrogen) atoms. The highest BCUT2D eigenvalue weighted by atomic mass is 19.2. The molecule has 3 aromatic carbocycles. The van der Waals surface area contributed by atoms with Crippen LogP contribution in [0.15, 0.2) is 36.4 Å². The molecule has 3 aromatic rings. The molecule has 9 heteroatoms. The van der Waals surface area contributed by atoms with Gasteiger partial charge < -0.3 is 14.6 Å². The zero-order chi connectivity index (χ0) is 31.1. The molecule has 2 saturated carbocycles. The average molecular weight is 619 g/mol. The Hall–Kier alpha value is -3.04. The number of benzene rings is 3. The summed E-state index contributed by atoms with van der Waals surface area (Å²) in [6.07, 6.45) is 5.76. The van der Waals surface area contributed by atoms with Crippen molar-refractivity contribution in [1.82, 2.24) is 0 Å². The smallest absolute Gasteiger partial charge is 0.201 e. The summed E-state index contributed by atoms with van der Waals surface area (Å²) in [5.41, 5.74) is -0.378. The van der Waals surface area contributed by atoms with Gasteiger partial charge in [0.2, 0.25) is 5.82 Å². The lowest BCUT2D eigenvalue weighted by molar-refractivity contribution is 0.129. The summed E-state index contributed by atoms with van der Waals surface area (Å²) in [6, 6.07) is 8.03. The van der Waals surface area contributed by atoms with Crippen LogP contribution >= 0.6 is 0 Å². The molecule has 2 aliphatic carbocycles. The maximum Gasteiger partial charge on any atom is 0.201 e. The quantitative estimate of drug-likeness (QED) is 0.202. The van der Waals surface area contributed by atoms with E-state index < -0.39 is 52.1 Å². The first-order chi connectivity index (χ1) is 21.1. The van der Waals surface area contributed by atoms with Crippen LogP contribution in [0.4, 0.5) is 26.3 Å². The number of aliphatic hydroxyl groups is 1. The second-order valence-electron chi connectivity index (χ2n) is 12.6. The van der Waals surface area contributed by atoms with Crippen LogP contribution in [0.2, 0.25) is 0 Å². The molecule has 2 atom stereocenters. The van der Waals surface area contributed by atoms with Crippen LogP contribution in [0.3, 0.4) is 0 Å². The summed E-state index contributed by atoms with van der Waals surface area (Å²) >= 11 is 0. The Balaban J connectivity index is 1.00. The van der Waals surface area contributed by atoms with E-state index in [9.17, 15) is 31.4 Å². The zero-order valence-corrected chi connectivity index (χ0v) is 24.5. The van der Waals surface area contributed by atoms with Gasteiger partial charge in [-0.25, -0.2) is 22.0 Å². The fourth-order valence-electron chi connectivity index (χ4n) is 7.25. The van der Waals surface area contributed by atoms with Gasteiger partial charge in [-0.2, -0.15) is 4.39 Å². The van der Waals surface area contributed by atoms with Gasteiger partial charge >= 0.3 is 0 Å². The molecule has 6 rings (SSSR count). The van der Waals surface area contributed by atoms with E-state index in [-0.39, 0.29) is 35.9 Å². The molecule has 2 unspecified atom stereocenters. The normalized spacial score (nSPS) is 26.0. The Bertz CT molecular complexity index is 1510. The van der Waals surface area contributed by atoms with Gasteiger partial charge in [0.25, 0.3) is 0 Å². The number of hydrogen-bond acceptors (Lipinski definition) is 3. The molecule has 0 spiro atoms. The number of epoxide rings is 1. The van der Waals surface area contributed by atoms with Crippen molar-refractivity contribution in [2.24, 2.45) is 17.8 Å². The maximum absolute atomic E-state index is 14.9. The second-order valence-corrected chi connectivity index (χ2v) is 12.6. The van der Waals surface area contributed by atoms with Crippen molar-refractivity contribution >= 4 is 0 Å². The van der Waals surface area contributed by atoms with Crippen molar-refractivity contribution in [3.05, 3.63) is 88.0 Å². The van der Waals surface area contributed by atoms with Gasteiger partial charge in [-0.1, -0.05) is 24.3 Å². The summed E-state index contributed by atoms with van der Waals surface area (Å²) < 4.78 is 98.9. The van der Waals surface area contributed by atoms with E-state index in [2.05, 4.69) is 0 Å². The third kappa shape index (κ3) is 6.10. The minimum absolute atomic E-state index is 0.0143. The monoisotopic (exact) mass is 618 g/mol. The van der Waals surface area contributed by atoms with Gasteiger partial charge in [0.05, 0.1) is 19.3 Å². The fraction of sp³-hybridized carbons (Fsp3) is 0.486. The highest BCUT2D eigenvalue weighted by Crippen LogP contribution is 2.45. The van der Waals surface area contributed by atoms with E-state index in [1.807, 2.05) is 0 Å². The number of ether oxygens (including phenoxy) is 2. The minimum Gasteiger partial charge on any atom is -0.490 e. The number of aliphatic hydroxyl groups excluding tert-OH is 1. The highest BCUT2D eigenvalue weighted by molar-refractivity contribution is 5.66. The van der Waals surface area contributed by atoms with E-state index in [1.165, 1.54) is 13.0 Å². The van der Waals surface area contributed by atoms with Gasteiger partial charge in [-0.05, 0) is 99.7 Å². The topological polar surface area (TPSA) is 42.0 Å². The van der Waals surface area contributed by atoms with Crippen LogP contribution in [0.1, 0.15) is 93.1 Å². The Labute approximate surface area is 253 Å². The number of halogens is 6. The van der Waals surface area contributed by atoms with E-state index >= 15 is 0 Å². The van der Waals surface area contributed by atoms with Crippen molar-refractivity contribution < 1.29 is 40.9 Å². The summed E-state index contributed by atoms with van der Waals surface area (Å²) in [7, 11) is 0. The molecule has 0 bridgehead atoms. The molecule has 3 nitrogen and oxygen atoms in total. The van der Waals surface area contributed by atoms with Crippen LogP contribution in [0, 0.1) is 52.7 Å². The fourth-order valence-corrected chi connectivity index (χ4v) is 7.25. The predicted octanol–water partition coefficient (Wildman–Crippen LogP) is 9.47. The van der Waals surface area contributed by atoms with Crippen molar-refractivity contribution in [3.8, 4) is 16.9 Å².